The zero-order valence-corrected chi connectivity index (χ0v) is 11.6. The van der Waals surface area contributed by atoms with Crippen LogP contribution < -0.4 is 0 Å². The summed E-state index contributed by atoms with van der Waals surface area (Å²) in [5.74, 6) is -1.93. The lowest BCUT2D eigenvalue weighted by atomic mass is 9.71. The number of esters is 2. The van der Waals surface area contributed by atoms with Crippen LogP contribution in [0.25, 0.3) is 0 Å². The van der Waals surface area contributed by atoms with Crippen LogP contribution in [0.5, 0.6) is 0 Å². The van der Waals surface area contributed by atoms with Crippen LogP contribution in [0, 0.1) is 5.92 Å². The van der Waals surface area contributed by atoms with E-state index in [1.54, 1.807) is 24.3 Å². The predicted octanol–water partition coefficient (Wildman–Crippen LogP) is 2.45. The Bertz CT molecular complexity index is 772. The quantitative estimate of drug-likeness (QED) is 0.598. The van der Waals surface area contributed by atoms with Gasteiger partial charge in [-0.1, -0.05) is 48.5 Å². The second-order valence-electron chi connectivity index (χ2n) is 5.59. The van der Waals surface area contributed by atoms with Gasteiger partial charge in [0.25, 0.3) is 0 Å². The second-order valence-corrected chi connectivity index (χ2v) is 5.59. The molecule has 1 fully saturated rings. The van der Waals surface area contributed by atoms with Gasteiger partial charge >= 0.3 is 11.9 Å². The molecule has 108 valence electrons. The molecule has 2 aromatic rings. The molecule has 2 aromatic carbocycles. The van der Waals surface area contributed by atoms with E-state index in [-0.39, 0.29) is 18.1 Å². The number of carbonyl (C=O) groups excluding carboxylic acids is 3. The van der Waals surface area contributed by atoms with E-state index in [1.165, 1.54) is 0 Å². The molecule has 4 rings (SSSR count). The Morgan fingerprint density at radius 3 is 1.86 bits per heavy atom. The predicted molar refractivity (Wildman–Crippen MR) is 77.4 cm³/mol. The first-order chi connectivity index (χ1) is 10.7. The highest BCUT2D eigenvalue weighted by molar-refractivity contribution is 6.13. The van der Waals surface area contributed by atoms with E-state index < -0.39 is 17.9 Å². The number of fused-ring (bicyclic) bond motifs is 2. The molecule has 1 atom stereocenters. The Balaban J connectivity index is 1.95. The highest BCUT2D eigenvalue weighted by atomic mass is 16.6. The number of cyclic esters (lactones) is 2. The summed E-state index contributed by atoms with van der Waals surface area (Å²) < 4.78 is 4.72. The van der Waals surface area contributed by atoms with Crippen LogP contribution in [0.4, 0.5) is 0 Å². The van der Waals surface area contributed by atoms with E-state index in [2.05, 4.69) is 0 Å². The van der Waals surface area contributed by atoms with Crippen LogP contribution in [-0.4, -0.2) is 17.7 Å². The van der Waals surface area contributed by atoms with Crippen molar-refractivity contribution in [1.29, 1.82) is 0 Å². The second kappa shape index (κ2) is 4.63. The molecule has 22 heavy (non-hydrogen) atoms. The lowest BCUT2D eigenvalue weighted by molar-refractivity contribution is -0.153. The van der Waals surface area contributed by atoms with Gasteiger partial charge in [-0.15, -0.1) is 0 Å². The summed E-state index contributed by atoms with van der Waals surface area (Å²) in [4.78, 5) is 36.2. The fourth-order valence-corrected chi connectivity index (χ4v) is 3.44. The highest BCUT2D eigenvalue weighted by Crippen LogP contribution is 2.44. The molecule has 0 N–H and O–H groups in total. The third-order valence-corrected chi connectivity index (χ3v) is 4.39. The minimum absolute atomic E-state index is 0.0415. The molecule has 0 radical (unpaired) electrons. The summed E-state index contributed by atoms with van der Waals surface area (Å²) in [6.45, 7) is 0. The lowest BCUT2D eigenvalue weighted by Gasteiger charge is -2.29. The SMILES string of the molecule is O=C1CC(C2c3ccccc3C(=O)c3ccccc32)C(=O)O1. The van der Waals surface area contributed by atoms with Crippen LogP contribution in [-0.2, 0) is 14.3 Å². The van der Waals surface area contributed by atoms with Gasteiger partial charge in [0, 0.05) is 17.0 Å². The maximum Gasteiger partial charge on any atom is 0.318 e. The van der Waals surface area contributed by atoms with Crippen LogP contribution >= 0.6 is 0 Å². The molecule has 0 bridgehead atoms. The van der Waals surface area contributed by atoms with Gasteiger partial charge in [0.15, 0.2) is 5.78 Å². The van der Waals surface area contributed by atoms with E-state index in [0.717, 1.165) is 11.1 Å². The summed E-state index contributed by atoms with van der Waals surface area (Å²) >= 11 is 0. The maximum absolute atomic E-state index is 12.6. The van der Waals surface area contributed by atoms with Gasteiger partial charge in [-0.2, -0.15) is 0 Å². The third-order valence-electron chi connectivity index (χ3n) is 4.39. The molecule has 0 spiro atoms. The first-order valence-electron chi connectivity index (χ1n) is 7.14. The molecule has 0 aromatic heterocycles. The molecule has 0 saturated carbocycles. The average Bonchev–Trinajstić information content (AvgIpc) is 2.86. The van der Waals surface area contributed by atoms with E-state index in [9.17, 15) is 14.4 Å². The first-order valence-corrected chi connectivity index (χ1v) is 7.14. The average molecular weight is 292 g/mol. The van der Waals surface area contributed by atoms with E-state index >= 15 is 0 Å². The summed E-state index contributed by atoms with van der Waals surface area (Å²) in [5, 5.41) is 0. The molecule has 4 nitrogen and oxygen atoms in total. The van der Waals surface area contributed by atoms with Crippen molar-refractivity contribution in [1.82, 2.24) is 0 Å². The molecule has 1 unspecified atom stereocenters. The Kier molecular flexibility index (Phi) is 2.73. The maximum atomic E-state index is 12.6. The van der Waals surface area contributed by atoms with Crippen molar-refractivity contribution in [3.05, 3.63) is 70.8 Å². The minimum atomic E-state index is -0.567. The Morgan fingerprint density at radius 2 is 1.36 bits per heavy atom. The van der Waals surface area contributed by atoms with E-state index in [1.807, 2.05) is 24.3 Å². The largest absolute Gasteiger partial charge is 0.393 e. The molecular weight excluding hydrogens is 280 g/mol. The molecule has 0 amide bonds. The van der Waals surface area contributed by atoms with Crippen LogP contribution in [0.1, 0.15) is 39.4 Å². The molecule has 1 aliphatic heterocycles. The normalized spacial score (nSPS) is 20.5. The van der Waals surface area contributed by atoms with Crippen molar-refractivity contribution in [3.63, 3.8) is 0 Å². The zero-order chi connectivity index (χ0) is 15.3. The molecule has 1 aliphatic carbocycles. The number of rotatable bonds is 1. The fraction of sp³-hybridized carbons (Fsp3) is 0.167. The summed E-state index contributed by atoms with van der Waals surface area (Å²) in [5.41, 5.74) is 2.78. The van der Waals surface area contributed by atoms with Gasteiger partial charge in [-0.3, -0.25) is 14.4 Å². The van der Waals surface area contributed by atoms with Crippen LogP contribution in [0.2, 0.25) is 0 Å². The van der Waals surface area contributed by atoms with Gasteiger partial charge in [0.2, 0.25) is 0 Å². The lowest BCUT2D eigenvalue weighted by Crippen LogP contribution is -2.27. The number of carbonyl (C=O) groups is 3. The topological polar surface area (TPSA) is 60.4 Å². The standard InChI is InChI=1S/C18H12O4/c19-15-9-14(18(21)22-15)16-10-5-1-3-7-12(10)17(20)13-8-4-2-6-11(13)16/h1-8,14,16H,9H2. The number of ether oxygens (including phenoxy) is 1. The molecule has 1 saturated heterocycles. The monoisotopic (exact) mass is 292 g/mol. The zero-order valence-electron chi connectivity index (χ0n) is 11.6. The minimum Gasteiger partial charge on any atom is -0.393 e. The first kappa shape index (κ1) is 13.0. The number of hydrogen-bond acceptors (Lipinski definition) is 4. The molecule has 4 heteroatoms. The smallest absolute Gasteiger partial charge is 0.318 e. The number of ketones is 1. The number of benzene rings is 2. The summed E-state index contributed by atoms with van der Waals surface area (Å²) in [6, 6.07) is 14.5. The van der Waals surface area contributed by atoms with E-state index in [0.29, 0.717) is 11.1 Å². The Labute approximate surface area is 126 Å². The third kappa shape index (κ3) is 1.73. The van der Waals surface area contributed by atoms with Gasteiger partial charge in [-0.05, 0) is 11.1 Å². The van der Waals surface area contributed by atoms with Crippen molar-refractivity contribution in [3.8, 4) is 0 Å². The van der Waals surface area contributed by atoms with Gasteiger partial charge in [0.1, 0.15) is 0 Å². The summed E-state index contributed by atoms with van der Waals surface area (Å²) in [6.07, 6.45) is 0.0559. The Morgan fingerprint density at radius 1 is 0.818 bits per heavy atom. The van der Waals surface area contributed by atoms with Gasteiger partial charge in [-0.25, -0.2) is 0 Å². The fourth-order valence-electron chi connectivity index (χ4n) is 3.44. The van der Waals surface area contributed by atoms with Gasteiger partial charge in [0.05, 0.1) is 12.3 Å². The molecular formula is C18H12O4. The number of hydrogen-bond donors (Lipinski definition) is 0. The summed E-state index contributed by atoms with van der Waals surface area (Å²) in [7, 11) is 0. The van der Waals surface area contributed by atoms with Crippen LogP contribution in [0.15, 0.2) is 48.5 Å². The van der Waals surface area contributed by atoms with Crippen LogP contribution in [0.3, 0.4) is 0 Å². The van der Waals surface area contributed by atoms with Gasteiger partial charge < -0.3 is 4.74 Å². The van der Waals surface area contributed by atoms with Crippen molar-refractivity contribution >= 4 is 17.7 Å². The molecule has 2 aliphatic rings. The molecule has 1 heterocycles. The van der Waals surface area contributed by atoms with Crippen molar-refractivity contribution in [2.75, 3.05) is 0 Å². The van der Waals surface area contributed by atoms with Crippen molar-refractivity contribution < 1.29 is 19.1 Å². The van der Waals surface area contributed by atoms with Crippen molar-refractivity contribution in [2.45, 2.75) is 12.3 Å². The Hall–Kier alpha value is -2.75. The van der Waals surface area contributed by atoms with E-state index in [4.69, 9.17) is 4.74 Å². The highest BCUT2D eigenvalue weighted by Gasteiger charge is 2.44. The van der Waals surface area contributed by atoms with Crippen molar-refractivity contribution in [2.24, 2.45) is 5.92 Å².